The molecule has 5 heteroatoms. The van der Waals surface area contributed by atoms with Crippen molar-refractivity contribution in [1.29, 1.82) is 0 Å². The van der Waals surface area contributed by atoms with Crippen LogP contribution in [-0.4, -0.2) is 21.5 Å². The SMILES string of the molecule is CNCc1nc(Cl)c2c(O)cccn12. The van der Waals surface area contributed by atoms with Crippen LogP contribution in [-0.2, 0) is 6.54 Å². The first-order chi connectivity index (χ1) is 6.74. The quantitative estimate of drug-likeness (QED) is 0.790. The minimum absolute atomic E-state index is 0.146. The highest BCUT2D eigenvalue weighted by Crippen LogP contribution is 2.26. The summed E-state index contributed by atoms with van der Waals surface area (Å²) in [5.41, 5.74) is 0.555. The molecule has 0 aliphatic heterocycles. The zero-order chi connectivity index (χ0) is 10.1. The average Bonchev–Trinajstić information content (AvgIpc) is 2.46. The van der Waals surface area contributed by atoms with Crippen molar-refractivity contribution in [1.82, 2.24) is 14.7 Å². The fourth-order valence-corrected chi connectivity index (χ4v) is 1.71. The van der Waals surface area contributed by atoms with E-state index in [0.717, 1.165) is 5.82 Å². The average molecular weight is 212 g/mol. The first kappa shape index (κ1) is 9.30. The van der Waals surface area contributed by atoms with Gasteiger partial charge in [-0.25, -0.2) is 4.98 Å². The van der Waals surface area contributed by atoms with Gasteiger partial charge in [0.1, 0.15) is 17.1 Å². The summed E-state index contributed by atoms with van der Waals surface area (Å²) in [4.78, 5) is 4.15. The second-order valence-electron chi connectivity index (χ2n) is 2.96. The fourth-order valence-electron chi connectivity index (χ4n) is 1.42. The van der Waals surface area contributed by atoms with Crippen molar-refractivity contribution in [2.24, 2.45) is 0 Å². The standard InChI is InChI=1S/C9H10ClN3O/c1-11-5-7-12-9(10)8-6(14)3-2-4-13(7)8/h2-4,11,14H,5H2,1H3. The van der Waals surface area contributed by atoms with Crippen LogP contribution in [0.1, 0.15) is 5.82 Å². The maximum Gasteiger partial charge on any atom is 0.159 e. The fraction of sp³-hybridized carbons (Fsp3) is 0.222. The van der Waals surface area contributed by atoms with Gasteiger partial charge in [-0.3, -0.25) is 4.40 Å². The Balaban J connectivity index is 2.71. The van der Waals surface area contributed by atoms with Gasteiger partial charge in [0.15, 0.2) is 5.15 Å². The van der Waals surface area contributed by atoms with Gasteiger partial charge in [0.05, 0.1) is 6.54 Å². The van der Waals surface area contributed by atoms with Gasteiger partial charge in [-0.15, -0.1) is 0 Å². The molecular formula is C9H10ClN3O. The molecule has 0 saturated heterocycles. The number of fused-ring (bicyclic) bond motifs is 1. The van der Waals surface area contributed by atoms with E-state index in [1.54, 1.807) is 16.5 Å². The van der Waals surface area contributed by atoms with E-state index in [1.807, 2.05) is 13.2 Å². The Morgan fingerprint density at radius 1 is 1.64 bits per heavy atom. The Kier molecular flexibility index (Phi) is 2.31. The minimum Gasteiger partial charge on any atom is -0.506 e. The summed E-state index contributed by atoms with van der Waals surface area (Å²) < 4.78 is 1.77. The van der Waals surface area contributed by atoms with Crippen molar-refractivity contribution in [3.63, 3.8) is 0 Å². The summed E-state index contributed by atoms with van der Waals surface area (Å²) in [5.74, 6) is 0.927. The summed E-state index contributed by atoms with van der Waals surface area (Å²) in [7, 11) is 1.83. The lowest BCUT2D eigenvalue weighted by atomic mass is 10.4. The highest BCUT2D eigenvalue weighted by Gasteiger charge is 2.11. The third kappa shape index (κ3) is 1.32. The van der Waals surface area contributed by atoms with Crippen molar-refractivity contribution < 1.29 is 5.11 Å². The lowest BCUT2D eigenvalue weighted by Gasteiger charge is -2.00. The molecule has 14 heavy (non-hydrogen) atoms. The number of aromatic hydroxyl groups is 1. The molecule has 4 nitrogen and oxygen atoms in total. The second-order valence-corrected chi connectivity index (χ2v) is 3.32. The van der Waals surface area contributed by atoms with Gasteiger partial charge in [0.25, 0.3) is 0 Å². The number of aromatic nitrogens is 2. The number of imidazole rings is 1. The van der Waals surface area contributed by atoms with Crippen LogP contribution in [0.15, 0.2) is 18.3 Å². The Hall–Kier alpha value is -1.26. The summed E-state index contributed by atoms with van der Waals surface area (Å²) in [5, 5.41) is 12.9. The molecule has 2 N–H and O–H groups in total. The third-order valence-corrected chi connectivity index (χ3v) is 2.27. The van der Waals surface area contributed by atoms with E-state index in [-0.39, 0.29) is 5.75 Å². The molecule has 2 aromatic rings. The molecule has 0 amide bonds. The Labute approximate surface area is 86.1 Å². The van der Waals surface area contributed by atoms with Gasteiger partial charge < -0.3 is 10.4 Å². The predicted molar refractivity (Wildman–Crippen MR) is 54.6 cm³/mol. The normalized spacial score (nSPS) is 11.0. The van der Waals surface area contributed by atoms with Gasteiger partial charge >= 0.3 is 0 Å². The Morgan fingerprint density at radius 2 is 2.43 bits per heavy atom. The molecule has 0 saturated carbocycles. The Morgan fingerprint density at radius 3 is 3.14 bits per heavy atom. The van der Waals surface area contributed by atoms with E-state index in [2.05, 4.69) is 10.3 Å². The molecule has 0 aliphatic rings. The molecule has 0 fully saturated rings. The predicted octanol–water partition coefficient (Wildman–Crippen LogP) is 1.41. The number of hydrogen-bond acceptors (Lipinski definition) is 3. The van der Waals surface area contributed by atoms with Crippen molar-refractivity contribution in [2.75, 3.05) is 7.05 Å². The van der Waals surface area contributed by atoms with Crippen LogP contribution >= 0.6 is 11.6 Å². The van der Waals surface area contributed by atoms with Crippen LogP contribution in [0.3, 0.4) is 0 Å². The second kappa shape index (κ2) is 3.48. The number of nitrogens with zero attached hydrogens (tertiary/aromatic N) is 2. The smallest absolute Gasteiger partial charge is 0.159 e. The molecule has 0 spiro atoms. The van der Waals surface area contributed by atoms with E-state index in [4.69, 9.17) is 11.6 Å². The van der Waals surface area contributed by atoms with Crippen LogP contribution in [0.2, 0.25) is 5.15 Å². The van der Waals surface area contributed by atoms with Crippen molar-refractivity contribution in [3.05, 3.63) is 29.3 Å². The molecule has 2 heterocycles. The number of halogens is 1. The molecule has 74 valence electrons. The van der Waals surface area contributed by atoms with Gasteiger partial charge in [0.2, 0.25) is 0 Å². The van der Waals surface area contributed by atoms with E-state index >= 15 is 0 Å². The van der Waals surface area contributed by atoms with Gasteiger partial charge in [-0.05, 0) is 19.2 Å². The largest absolute Gasteiger partial charge is 0.506 e. The van der Waals surface area contributed by atoms with E-state index < -0.39 is 0 Å². The van der Waals surface area contributed by atoms with Crippen LogP contribution in [0, 0.1) is 0 Å². The van der Waals surface area contributed by atoms with E-state index in [1.165, 1.54) is 0 Å². The van der Waals surface area contributed by atoms with Crippen LogP contribution < -0.4 is 5.32 Å². The van der Waals surface area contributed by atoms with Crippen molar-refractivity contribution in [2.45, 2.75) is 6.54 Å². The lowest BCUT2D eigenvalue weighted by molar-refractivity contribution is 0.479. The topological polar surface area (TPSA) is 49.6 Å². The van der Waals surface area contributed by atoms with Gasteiger partial charge in [0, 0.05) is 6.20 Å². The molecule has 0 aromatic carbocycles. The number of rotatable bonds is 2. The molecule has 0 atom stereocenters. The highest BCUT2D eigenvalue weighted by molar-refractivity contribution is 6.33. The van der Waals surface area contributed by atoms with Crippen LogP contribution in [0.25, 0.3) is 5.52 Å². The maximum atomic E-state index is 9.57. The highest BCUT2D eigenvalue weighted by atomic mass is 35.5. The minimum atomic E-state index is 0.146. The Bertz CT molecular complexity index is 466. The molecule has 0 radical (unpaired) electrons. The monoisotopic (exact) mass is 211 g/mol. The third-order valence-electron chi connectivity index (χ3n) is 2.01. The molecule has 0 aliphatic carbocycles. The zero-order valence-corrected chi connectivity index (χ0v) is 8.41. The molecular weight excluding hydrogens is 202 g/mol. The zero-order valence-electron chi connectivity index (χ0n) is 7.66. The van der Waals surface area contributed by atoms with Crippen LogP contribution in [0.4, 0.5) is 0 Å². The number of nitrogens with one attached hydrogen (secondary N) is 1. The first-order valence-electron chi connectivity index (χ1n) is 4.23. The number of pyridine rings is 1. The summed E-state index contributed by atoms with van der Waals surface area (Å²) in [6.45, 7) is 0.608. The lowest BCUT2D eigenvalue weighted by Crippen LogP contribution is -2.08. The summed E-state index contributed by atoms with van der Waals surface area (Å²) in [6, 6.07) is 3.34. The van der Waals surface area contributed by atoms with Gasteiger partial charge in [-0.1, -0.05) is 11.6 Å². The molecule has 2 aromatic heterocycles. The van der Waals surface area contributed by atoms with Crippen molar-refractivity contribution in [3.8, 4) is 5.75 Å². The van der Waals surface area contributed by atoms with E-state index in [0.29, 0.717) is 17.2 Å². The molecule has 2 rings (SSSR count). The summed E-state index contributed by atoms with van der Waals surface area (Å²) in [6.07, 6.45) is 1.82. The summed E-state index contributed by atoms with van der Waals surface area (Å²) >= 11 is 5.90. The maximum absolute atomic E-state index is 9.57. The molecule has 0 unspecified atom stereocenters. The van der Waals surface area contributed by atoms with Crippen molar-refractivity contribution >= 4 is 17.1 Å². The number of hydrogen-bond donors (Lipinski definition) is 2. The molecule has 0 bridgehead atoms. The first-order valence-corrected chi connectivity index (χ1v) is 4.61. The van der Waals surface area contributed by atoms with Crippen LogP contribution in [0.5, 0.6) is 5.75 Å². The van der Waals surface area contributed by atoms with Gasteiger partial charge in [-0.2, -0.15) is 0 Å². The van der Waals surface area contributed by atoms with E-state index in [9.17, 15) is 5.11 Å².